The number of piperidine rings is 1. The molecule has 2 fully saturated rings. The summed E-state index contributed by atoms with van der Waals surface area (Å²) in [5, 5.41) is 6.58. The summed E-state index contributed by atoms with van der Waals surface area (Å²) in [5.74, 6) is 0.964. The molecule has 0 aliphatic carbocycles. The van der Waals surface area contributed by atoms with Crippen LogP contribution < -0.4 is 15.4 Å². The Hall–Kier alpha value is -1.66. The van der Waals surface area contributed by atoms with Crippen LogP contribution >= 0.6 is 0 Å². The zero-order valence-electron chi connectivity index (χ0n) is 15.4. The highest BCUT2D eigenvalue weighted by Gasteiger charge is 2.18. The van der Waals surface area contributed by atoms with E-state index in [9.17, 15) is 9.18 Å². The van der Waals surface area contributed by atoms with E-state index in [1.165, 1.54) is 25.3 Å². The number of piperazine rings is 1. The summed E-state index contributed by atoms with van der Waals surface area (Å²) in [6.45, 7) is 5.84. The molecule has 3 rings (SSSR count). The van der Waals surface area contributed by atoms with Gasteiger partial charge in [-0.05, 0) is 56.3 Å². The van der Waals surface area contributed by atoms with Gasteiger partial charge in [0.1, 0.15) is 11.6 Å². The van der Waals surface area contributed by atoms with Crippen molar-refractivity contribution in [3.8, 4) is 5.75 Å². The van der Waals surface area contributed by atoms with Gasteiger partial charge in [0.2, 0.25) is 5.91 Å². The minimum atomic E-state index is -0.357. The number of nitrogens with zero attached hydrogens (tertiary/aromatic N) is 1. The van der Waals surface area contributed by atoms with E-state index in [0.717, 1.165) is 38.5 Å². The molecule has 0 radical (unpaired) electrons. The summed E-state index contributed by atoms with van der Waals surface area (Å²) in [6, 6.07) is 4.86. The average molecular weight is 363 g/mol. The molecule has 0 bridgehead atoms. The monoisotopic (exact) mass is 363 g/mol. The van der Waals surface area contributed by atoms with Crippen molar-refractivity contribution in [1.82, 2.24) is 15.5 Å². The van der Waals surface area contributed by atoms with Gasteiger partial charge < -0.3 is 20.3 Å². The second-order valence-electron chi connectivity index (χ2n) is 7.24. The summed E-state index contributed by atoms with van der Waals surface area (Å²) in [6.07, 6.45) is 4.76. The van der Waals surface area contributed by atoms with Gasteiger partial charge in [-0.3, -0.25) is 4.79 Å². The maximum Gasteiger partial charge on any atom is 0.227 e. The number of carbonyl (C=O) groups excluding carboxylic acids is 1. The van der Waals surface area contributed by atoms with E-state index in [-0.39, 0.29) is 18.1 Å². The molecule has 1 aromatic rings. The molecule has 0 spiro atoms. The predicted molar refractivity (Wildman–Crippen MR) is 99.9 cm³/mol. The third-order valence-electron chi connectivity index (χ3n) is 5.32. The second kappa shape index (κ2) is 9.88. The van der Waals surface area contributed by atoms with Crippen molar-refractivity contribution >= 4 is 5.91 Å². The highest BCUT2D eigenvalue weighted by atomic mass is 19.1. The van der Waals surface area contributed by atoms with E-state index in [0.29, 0.717) is 31.0 Å². The first-order chi connectivity index (χ1) is 12.7. The number of hydrogen-bond acceptors (Lipinski definition) is 4. The Bertz CT molecular complexity index is 584. The van der Waals surface area contributed by atoms with Crippen LogP contribution in [0.3, 0.4) is 0 Å². The maximum absolute atomic E-state index is 14.3. The fraction of sp³-hybridized carbons (Fsp3) is 0.650. The summed E-state index contributed by atoms with van der Waals surface area (Å²) in [4.78, 5) is 14.1. The normalized spacial score (nSPS) is 18.7. The summed E-state index contributed by atoms with van der Waals surface area (Å²) >= 11 is 0. The molecule has 1 amide bonds. The van der Waals surface area contributed by atoms with Crippen molar-refractivity contribution in [3.63, 3.8) is 0 Å². The first-order valence-corrected chi connectivity index (χ1v) is 9.83. The highest BCUT2D eigenvalue weighted by molar-refractivity contribution is 5.79. The third-order valence-corrected chi connectivity index (χ3v) is 5.32. The minimum absolute atomic E-state index is 0.0129. The van der Waals surface area contributed by atoms with Gasteiger partial charge in [0.15, 0.2) is 0 Å². The maximum atomic E-state index is 14.3. The van der Waals surface area contributed by atoms with Crippen LogP contribution in [0.25, 0.3) is 0 Å². The Morgan fingerprint density at radius 1 is 1.15 bits per heavy atom. The SMILES string of the molecule is O=C(Cc1ccc(OCCCC2CCNCC2)cc1F)N1CCNCC1. The summed E-state index contributed by atoms with van der Waals surface area (Å²) in [7, 11) is 0. The van der Waals surface area contributed by atoms with E-state index in [4.69, 9.17) is 4.74 Å². The number of carbonyl (C=O) groups is 1. The molecule has 5 nitrogen and oxygen atoms in total. The number of rotatable bonds is 7. The zero-order valence-corrected chi connectivity index (χ0v) is 15.4. The Balaban J connectivity index is 1.42. The van der Waals surface area contributed by atoms with Crippen LogP contribution in [0, 0.1) is 11.7 Å². The molecule has 2 heterocycles. The van der Waals surface area contributed by atoms with Crippen LogP contribution in [-0.4, -0.2) is 56.7 Å². The second-order valence-corrected chi connectivity index (χ2v) is 7.24. The molecule has 2 N–H and O–H groups in total. The number of halogens is 1. The molecule has 26 heavy (non-hydrogen) atoms. The van der Waals surface area contributed by atoms with Crippen molar-refractivity contribution in [3.05, 3.63) is 29.6 Å². The third kappa shape index (κ3) is 5.68. The number of hydrogen-bond donors (Lipinski definition) is 2. The number of benzene rings is 1. The molecule has 0 saturated carbocycles. The molecule has 144 valence electrons. The first-order valence-electron chi connectivity index (χ1n) is 9.83. The highest BCUT2D eigenvalue weighted by Crippen LogP contribution is 2.20. The Morgan fingerprint density at radius 2 is 1.88 bits per heavy atom. The molecule has 1 aromatic carbocycles. The fourth-order valence-electron chi connectivity index (χ4n) is 3.68. The van der Waals surface area contributed by atoms with Gasteiger partial charge in [-0.1, -0.05) is 6.07 Å². The van der Waals surface area contributed by atoms with Gasteiger partial charge in [0.05, 0.1) is 13.0 Å². The van der Waals surface area contributed by atoms with Crippen LogP contribution in [-0.2, 0) is 11.2 Å². The fourth-order valence-corrected chi connectivity index (χ4v) is 3.68. The zero-order chi connectivity index (χ0) is 18.2. The van der Waals surface area contributed by atoms with E-state index in [1.807, 2.05) is 0 Å². The average Bonchev–Trinajstić information content (AvgIpc) is 2.68. The van der Waals surface area contributed by atoms with Crippen LogP contribution in [0.4, 0.5) is 4.39 Å². The van der Waals surface area contributed by atoms with Crippen LogP contribution in [0.15, 0.2) is 18.2 Å². The standard InChI is InChI=1S/C20H30FN3O2/c21-19-15-18(26-13-1-2-16-5-7-22-8-6-16)4-3-17(19)14-20(25)24-11-9-23-10-12-24/h3-4,15-16,22-23H,1-2,5-14H2. The predicted octanol–water partition coefficient (Wildman–Crippen LogP) is 1.96. The largest absolute Gasteiger partial charge is 0.493 e. The molecule has 2 aliphatic heterocycles. The molecule has 0 atom stereocenters. The Morgan fingerprint density at radius 3 is 2.62 bits per heavy atom. The van der Waals surface area contributed by atoms with Crippen molar-refractivity contribution in [2.75, 3.05) is 45.9 Å². The number of ether oxygens (including phenoxy) is 1. The molecular weight excluding hydrogens is 333 g/mol. The van der Waals surface area contributed by atoms with E-state index in [1.54, 1.807) is 17.0 Å². The quantitative estimate of drug-likeness (QED) is 0.727. The van der Waals surface area contributed by atoms with E-state index >= 15 is 0 Å². The Kier molecular flexibility index (Phi) is 7.26. The molecule has 2 saturated heterocycles. The van der Waals surface area contributed by atoms with Crippen molar-refractivity contribution in [2.45, 2.75) is 32.1 Å². The minimum Gasteiger partial charge on any atom is -0.493 e. The Labute approximate surface area is 155 Å². The van der Waals surface area contributed by atoms with Crippen molar-refractivity contribution in [1.29, 1.82) is 0 Å². The summed E-state index contributed by atoms with van der Waals surface area (Å²) < 4.78 is 20.0. The lowest BCUT2D eigenvalue weighted by Gasteiger charge is -2.27. The van der Waals surface area contributed by atoms with Crippen molar-refractivity contribution < 1.29 is 13.9 Å². The van der Waals surface area contributed by atoms with Crippen LogP contribution in [0.1, 0.15) is 31.2 Å². The number of amides is 1. The smallest absolute Gasteiger partial charge is 0.227 e. The lowest BCUT2D eigenvalue weighted by molar-refractivity contribution is -0.131. The summed E-state index contributed by atoms with van der Waals surface area (Å²) in [5.41, 5.74) is 0.440. The lowest BCUT2D eigenvalue weighted by Crippen LogP contribution is -2.47. The van der Waals surface area contributed by atoms with Crippen molar-refractivity contribution in [2.24, 2.45) is 5.92 Å². The molecular formula is C20H30FN3O2. The van der Waals surface area contributed by atoms with Gasteiger partial charge in [0.25, 0.3) is 0 Å². The van der Waals surface area contributed by atoms with Gasteiger partial charge in [-0.2, -0.15) is 0 Å². The first kappa shape index (κ1) is 19.1. The number of nitrogens with one attached hydrogen (secondary N) is 2. The van der Waals surface area contributed by atoms with Gasteiger partial charge in [0, 0.05) is 32.2 Å². The lowest BCUT2D eigenvalue weighted by atomic mass is 9.93. The van der Waals surface area contributed by atoms with Gasteiger partial charge in [-0.15, -0.1) is 0 Å². The van der Waals surface area contributed by atoms with Gasteiger partial charge >= 0.3 is 0 Å². The topological polar surface area (TPSA) is 53.6 Å². The van der Waals surface area contributed by atoms with Crippen LogP contribution in [0.5, 0.6) is 5.75 Å². The van der Waals surface area contributed by atoms with E-state index in [2.05, 4.69) is 10.6 Å². The molecule has 6 heteroatoms. The van der Waals surface area contributed by atoms with Gasteiger partial charge in [-0.25, -0.2) is 4.39 Å². The van der Waals surface area contributed by atoms with E-state index < -0.39 is 0 Å². The molecule has 0 aromatic heterocycles. The molecule has 2 aliphatic rings. The molecule has 0 unspecified atom stereocenters. The van der Waals surface area contributed by atoms with Crippen LogP contribution in [0.2, 0.25) is 0 Å².